The van der Waals surface area contributed by atoms with Gasteiger partial charge in [-0.2, -0.15) is 0 Å². The Hall–Kier alpha value is -2.55. The molecular formula is C44H76N4O13. The molecule has 1 aromatic rings. The molecule has 0 unspecified atom stereocenters. The van der Waals surface area contributed by atoms with Crippen LogP contribution in [0.5, 0.6) is 0 Å². The number of amides is 1. The first kappa shape index (κ1) is 51.1. The highest BCUT2D eigenvalue weighted by molar-refractivity contribution is 5.73. The quantitative estimate of drug-likeness (QED) is 0.186. The Kier molecular flexibility index (Phi) is 17.9. The molecule has 0 spiro atoms. The maximum absolute atomic E-state index is 14.6. The van der Waals surface area contributed by atoms with E-state index in [0.29, 0.717) is 18.7 Å². The number of hydrogen-bond donors (Lipinski definition) is 6. The summed E-state index contributed by atoms with van der Waals surface area (Å²) in [5.74, 6) is -2.85. The monoisotopic (exact) mass is 869 g/mol. The summed E-state index contributed by atoms with van der Waals surface area (Å²) in [6.07, 6.45) is -7.96. The minimum atomic E-state index is -1.91. The number of alkyl carbamates (subject to hydrolysis) is 1. The average Bonchev–Trinajstić information content (AvgIpc) is 3.20. The van der Waals surface area contributed by atoms with E-state index < -0.39 is 102 Å². The van der Waals surface area contributed by atoms with E-state index in [2.05, 4.69) is 15.6 Å². The molecule has 17 nitrogen and oxygen atoms in total. The number of aliphatic hydroxyl groups is 4. The van der Waals surface area contributed by atoms with Crippen molar-refractivity contribution in [1.82, 2.24) is 20.5 Å². The summed E-state index contributed by atoms with van der Waals surface area (Å²) in [5.41, 5.74) is -3.98. The maximum Gasteiger partial charge on any atom is 0.407 e. The van der Waals surface area contributed by atoms with Gasteiger partial charge in [0.25, 0.3) is 0 Å². The van der Waals surface area contributed by atoms with Crippen molar-refractivity contribution in [2.24, 2.45) is 17.8 Å². The SMILES string of the molecule is CC[C@H]1OC(=O)[C@H](C)[C@@H](O[C@H]2C[C@@](C)(OC)[C@@H](O)[C@H](C)O2)[C@H](C)[C@@H](O[C@@H]2O[C@H](C)C[C@H](N(C)C)[C@H]2O)[C@](C)(O)C[C@@H](C)CN[C@H](C)[C@@H](OC(=O)NCc2ccccn2)[C@]1(C)O. The average molecular weight is 869 g/mol. The van der Waals surface area contributed by atoms with Crippen molar-refractivity contribution in [3.63, 3.8) is 0 Å². The van der Waals surface area contributed by atoms with E-state index in [1.807, 2.05) is 32.8 Å². The van der Waals surface area contributed by atoms with Crippen LogP contribution in [-0.4, -0.2) is 160 Å². The second-order valence-corrected chi connectivity index (χ2v) is 18.7. The van der Waals surface area contributed by atoms with Crippen molar-refractivity contribution in [2.75, 3.05) is 27.7 Å². The topological polar surface area (TPSA) is 220 Å². The van der Waals surface area contributed by atoms with Gasteiger partial charge in [-0.3, -0.25) is 9.78 Å². The van der Waals surface area contributed by atoms with Crippen molar-refractivity contribution in [3.8, 4) is 0 Å². The van der Waals surface area contributed by atoms with E-state index in [0.717, 1.165) is 0 Å². The zero-order valence-electron chi connectivity index (χ0n) is 38.6. The molecule has 1 amide bonds. The van der Waals surface area contributed by atoms with E-state index in [1.165, 1.54) is 14.0 Å². The Morgan fingerprint density at radius 3 is 2.31 bits per heavy atom. The van der Waals surface area contributed by atoms with Gasteiger partial charge >= 0.3 is 12.1 Å². The van der Waals surface area contributed by atoms with E-state index >= 15 is 0 Å². The molecule has 0 bridgehead atoms. The number of carbonyl (C=O) groups excluding carboxylic acids is 2. The number of carbonyl (C=O) groups is 2. The second-order valence-electron chi connectivity index (χ2n) is 18.7. The minimum Gasteiger partial charge on any atom is -0.459 e. The number of nitrogens with one attached hydrogen (secondary N) is 2. The number of rotatable bonds is 10. The van der Waals surface area contributed by atoms with Crippen LogP contribution in [0.25, 0.3) is 0 Å². The third-order valence-electron chi connectivity index (χ3n) is 13.0. The molecule has 0 radical (unpaired) electrons. The van der Waals surface area contributed by atoms with Crippen LogP contribution in [0, 0.1) is 17.8 Å². The normalized spacial score (nSPS) is 43.4. The lowest BCUT2D eigenvalue weighted by atomic mass is 9.77. The van der Waals surface area contributed by atoms with Gasteiger partial charge < -0.3 is 69.1 Å². The van der Waals surface area contributed by atoms with Gasteiger partial charge in [-0.05, 0) is 106 Å². The molecule has 0 saturated carbocycles. The first-order valence-electron chi connectivity index (χ1n) is 21.9. The zero-order valence-corrected chi connectivity index (χ0v) is 38.6. The van der Waals surface area contributed by atoms with Crippen LogP contribution in [0.2, 0.25) is 0 Å². The zero-order chi connectivity index (χ0) is 45.6. The van der Waals surface area contributed by atoms with Gasteiger partial charge in [-0.25, -0.2) is 4.79 Å². The van der Waals surface area contributed by atoms with Crippen LogP contribution in [-0.2, 0) is 44.5 Å². The lowest BCUT2D eigenvalue weighted by Crippen LogP contribution is -2.61. The van der Waals surface area contributed by atoms with Crippen molar-refractivity contribution in [2.45, 2.75) is 192 Å². The molecule has 17 heteroatoms. The first-order chi connectivity index (χ1) is 28.4. The van der Waals surface area contributed by atoms with Crippen molar-refractivity contribution in [1.29, 1.82) is 0 Å². The molecular weight excluding hydrogens is 792 g/mol. The van der Waals surface area contributed by atoms with Gasteiger partial charge in [-0.15, -0.1) is 0 Å². The third-order valence-corrected chi connectivity index (χ3v) is 13.0. The molecule has 350 valence electrons. The summed E-state index contributed by atoms with van der Waals surface area (Å²) >= 11 is 0. The van der Waals surface area contributed by atoms with Crippen LogP contribution in [0.1, 0.15) is 101 Å². The number of aliphatic hydroxyl groups excluding tert-OH is 2. The van der Waals surface area contributed by atoms with Gasteiger partial charge in [0.05, 0.1) is 53.8 Å². The molecule has 3 saturated heterocycles. The number of hydrogen-bond acceptors (Lipinski definition) is 16. The molecule has 1 aromatic heterocycles. The molecule has 4 rings (SSSR count). The fourth-order valence-corrected chi connectivity index (χ4v) is 9.39. The number of nitrogens with zero attached hydrogens (tertiary/aromatic N) is 2. The van der Waals surface area contributed by atoms with Crippen molar-refractivity contribution < 1.29 is 63.2 Å². The van der Waals surface area contributed by atoms with Crippen LogP contribution < -0.4 is 10.6 Å². The Morgan fingerprint density at radius 2 is 1.70 bits per heavy atom. The molecule has 0 aromatic carbocycles. The molecule has 18 atom stereocenters. The van der Waals surface area contributed by atoms with E-state index in [1.54, 1.807) is 72.9 Å². The number of ether oxygens (including phenoxy) is 7. The Balaban J connectivity index is 1.77. The van der Waals surface area contributed by atoms with Gasteiger partial charge in [0.2, 0.25) is 0 Å². The van der Waals surface area contributed by atoms with Crippen LogP contribution in [0.3, 0.4) is 0 Å². The highest BCUT2D eigenvalue weighted by Gasteiger charge is 2.53. The van der Waals surface area contributed by atoms with Crippen LogP contribution in [0.4, 0.5) is 4.79 Å². The highest BCUT2D eigenvalue weighted by atomic mass is 16.7. The number of pyridine rings is 1. The molecule has 6 N–H and O–H groups in total. The number of aromatic nitrogens is 1. The van der Waals surface area contributed by atoms with E-state index in [4.69, 9.17) is 33.2 Å². The highest BCUT2D eigenvalue weighted by Crippen LogP contribution is 2.40. The lowest BCUT2D eigenvalue weighted by Gasteiger charge is -2.48. The molecule has 61 heavy (non-hydrogen) atoms. The largest absolute Gasteiger partial charge is 0.459 e. The number of likely N-dealkylation sites (N-methyl/N-ethyl adjacent to an activating group) is 1. The van der Waals surface area contributed by atoms with Crippen molar-refractivity contribution >= 4 is 12.1 Å². The molecule has 3 aliphatic heterocycles. The number of esters is 1. The lowest BCUT2D eigenvalue weighted by molar-refractivity contribution is -0.318. The smallest absolute Gasteiger partial charge is 0.407 e. The molecule has 3 aliphatic rings. The Morgan fingerprint density at radius 1 is 1.02 bits per heavy atom. The summed E-state index contributed by atoms with van der Waals surface area (Å²) in [4.78, 5) is 34.1. The van der Waals surface area contributed by atoms with Gasteiger partial charge in [0, 0.05) is 37.7 Å². The second kappa shape index (κ2) is 21.4. The van der Waals surface area contributed by atoms with Gasteiger partial charge in [0.15, 0.2) is 18.7 Å². The summed E-state index contributed by atoms with van der Waals surface area (Å²) in [6.45, 7) is 17.8. The Labute approximate surface area is 362 Å². The van der Waals surface area contributed by atoms with E-state index in [-0.39, 0.29) is 43.9 Å². The minimum absolute atomic E-state index is 0.0819. The standard InChI is InChI=1S/C44H76N4O13/c1-14-32-44(10,54)38(61-41(52)47-23-30-17-15-16-18-45-30)28(6)46-22-24(2)20-42(8,53)37(60-40-34(49)31(48(11)12)19-25(3)56-40)26(4)35(27(5)39(51)58-32)59-33-21-43(9,55-13)36(50)29(7)57-33/h15-18,24-29,31-38,40,46,49-50,53-54H,14,19-23H2,1-13H3,(H,47,52)/t24-,25-,26+,27-,28-,29+,31+,32-,33+,34-,35+,36+,37-,38-,40+,42-,43-,44-/m1/s1. The van der Waals surface area contributed by atoms with Crippen molar-refractivity contribution in [3.05, 3.63) is 30.1 Å². The van der Waals surface area contributed by atoms with Gasteiger partial charge in [0.1, 0.15) is 23.9 Å². The maximum atomic E-state index is 14.6. The molecule has 3 fully saturated rings. The van der Waals surface area contributed by atoms with Gasteiger partial charge in [-0.1, -0.05) is 26.8 Å². The van der Waals surface area contributed by atoms with Crippen LogP contribution in [0.15, 0.2) is 24.4 Å². The molecule has 4 heterocycles. The Bertz CT molecular complexity index is 1540. The summed E-state index contributed by atoms with van der Waals surface area (Å²) < 4.78 is 43.9. The fourth-order valence-electron chi connectivity index (χ4n) is 9.39. The van der Waals surface area contributed by atoms with Crippen LogP contribution >= 0.6 is 0 Å². The predicted molar refractivity (Wildman–Crippen MR) is 225 cm³/mol. The summed E-state index contributed by atoms with van der Waals surface area (Å²) in [6, 6.07) is 4.35. The number of methoxy groups -OCH3 is 1. The number of cyclic esters (lactones) is 1. The summed E-state index contributed by atoms with van der Waals surface area (Å²) in [7, 11) is 5.25. The van der Waals surface area contributed by atoms with E-state index in [9.17, 15) is 30.0 Å². The fraction of sp³-hybridized carbons (Fsp3) is 0.841. The first-order valence-corrected chi connectivity index (χ1v) is 21.9. The third kappa shape index (κ3) is 12.6. The predicted octanol–water partition coefficient (Wildman–Crippen LogP) is 2.89. The summed E-state index contributed by atoms with van der Waals surface area (Å²) in [5, 5.41) is 53.7. The molecule has 0 aliphatic carbocycles.